The third kappa shape index (κ3) is 5.56. The summed E-state index contributed by atoms with van der Waals surface area (Å²) < 4.78 is 16.6. The number of aryl methyl sites for hydroxylation is 2. The van der Waals surface area contributed by atoms with E-state index in [0.717, 1.165) is 61.4 Å². The molecule has 1 atom stereocenters. The number of aromatic nitrogens is 3. The van der Waals surface area contributed by atoms with Gasteiger partial charge in [-0.25, -0.2) is 4.39 Å². The molecular weight excluding hydrogens is 513 g/mol. The predicted molar refractivity (Wildman–Crippen MR) is 154 cm³/mol. The number of fused-ring (bicyclic) bond motifs is 1. The molecule has 1 saturated heterocycles. The van der Waals surface area contributed by atoms with E-state index in [1.165, 1.54) is 6.07 Å². The van der Waals surface area contributed by atoms with Gasteiger partial charge in [0.2, 0.25) is 0 Å². The Kier molecular flexibility index (Phi) is 7.12. The third-order valence-electron chi connectivity index (χ3n) is 7.98. The van der Waals surface area contributed by atoms with Crippen molar-refractivity contribution < 1.29 is 4.39 Å². The number of pyridine rings is 3. The van der Waals surface area contributed by atoms with Gasteiger partial charge in [0, 0.05) is 73.0 Å². The summed E-state index contributed by atoms with van der Waals surface area (Å²) in [4.78, 5) is 27.4. The number of piperidine rings is 1. The highest BCUT2D eigenvalue weighted by atomic mass is 35.5. The van der Waals surface area contributed by atoms with Gasteiger partial charge in [-0.3, -0.25) is 19.7 Å². The molecule has 0 bridgehead atoms. The average molecular weight is 546 g/mol. The summed E-state index contributed by atoms with van der Waals surface area (Å²) in [5.41, 5.74) is 5.54. The molecule has 0 amide bonds. The normalized spacial score (nSPS) is 17.8. The van der Waals surface area contributed by atoms with E-state index in [2.05, 4.69) is 42.5 Å². The fourth-order valence-corrected chi connectivity index (χ4v) is 5.93. The van der Waals surface area contributed by atoms with Crippen molar-refractivity contribution in [2.75, 3.05) is 18.0 Å². The van der Waals surface area contributed by atoms with E-state index in [1.807, 2.05) is 38.5 Å². The number of hydrogen-bond donors (Lipinski definition) is 0. The lowest BCUT2D eigenvalue weighted by atomic mass is 10.0. The molecule has 1 saturated carbocycles. The summed E-state index contributed by atoms with van der Waals surface area (Å²) in [6.45, 7) is 7.01. The van der Waals surface area contributed by atoms with Gasteiger partial charge in [-0.15, -0.1) is 0 Å². The first-order valence-corrected chi connectivity index (χ1v) is 14.1. The molecule has 0 N–H and O–H groups in total. The molecule has 39 heavy (non-hydrogen) atoms. The Morgan fingerprint density at radius 2 is 1.90 bits per heavy atom. The van der Waals surface area contributed by atoms with Gasteiger partial charge < -0.3 is 9.47 Å². The van der Waals surface area contributed by atoms with Crippen LogP contribution in [-0.2, 0) is 13.1 Å². The van der Waals surface area contributed by atoms with Crippen molar-refractivity contribution in [3.63, 3.8) is 0 Å². The zero-order valence-corrected chi connectivity index (χ0v) is 23.2. The van der Waals surface area contributed by atoms with Crippen molar-refractivity contribution in [1.82, 2.24) is 19.4 Å². The maximum absolute atomic E-state index is 14.5. The van der Waals surface area contributed by atoms with Crippen LogP contribution in [0, 0.1) is 19.7 Å². The van der Waals surface area contributed by atoms with E-state index >= 15 is 0 Å². The molecule has 1 aliphatic carbocycles. The van der Waals surface area contributed by atoms with Crippen molar-refractivity contribution in [2.45, 2.75) is 64.7 Å². The quantitative estimate of drug-likeness (QED) is 0.276. The van der Waals surface area contributed by atoms with E-state index in [0.29, 0.717) is 35.6 Å². The minimum Gasteiger partial charge on any atom is -0.369 e. The van der Waals surface area contributed by atoms with Crippen LogP contribution >= 0.6 is 11.6 Å². The van der Waals surface area contributed by atoms with Crippen LogP contribution in [0.25, 0.3) is 10.9 Å². The van der Waals surface area contributed by atoms with Crippen LogP contribution in [0.1, 0.15) is 54.2 Å². The third-order valence-corrected chi connectivity index (χ3v) is 8.27. The van der Waals surface area contributed by atoms with Crippen LogP contribution in [0.15, 0.2) is 59.8 Å². The zero-order chi connectivity index (χ0) is 27.1. The second-order valence-corrected chi connectivity index (χ2v) is 11.4. The molecule has 1 unspecified atom stereocenters. The minimum absolute atomic E-state index is 0.0478. The number of nitrogens with zero attached hydrogens (tertiary/aromatic N) is 5. The lowest BCUT2D eigenvalue weighted by molar-refractivity contribution is 0.158. The summed E-state index contributed by atoms with van der Waals surface area (Å²) in [5.74, 6) is -0.556. The summed E-state index contributed by atoms with van der Waals surface area (Å²) in [6, 6.07) is 11.8. The van der Waals surface area contributed by atoms with E-state index in [4.69, 9.17) is 11.6 Å². The Labute approximate surface area is 233 Å². The number of halogens is 2. The van der Waals surface area contributed by atoms with Gasteiger partial charge in [-0.2, -0.15) is 0 Å². The average Bonchev–Trinajstić information content (AvgIpc) is 3.77. The maximum atomic E-state index is 14.5. The lowest BCUT2D eigenvalue weighted by Crippen LogP contribution is -2.48. The molecule has 3 aromatic heterocycles. The molecule has 202 valence electrons. The van der Waals surface area contributed by atoms with Gasteiger partial charge in [0.1, 0.15) is 5.82 Å². The van der Waals surface area contributed by atoms with Gasteiger partial charge in [0.05, 0.1) is 22.4 Å². The number of anilines is 1. The van der Waals surface area contributed by atoms with Crippen LogP contribution in [0.3, 0.4) is 0 Å². The Morgan fingerprint density at radius 3 is 2.64 bits per heavy atom. The van der Waals surface area contributed by atoms with E-state index in [9.17, 15) is 9.18 Å². The summed E-state index contributed by atoms with van der Waals surface area (Å²) in [7, 11) is 0. The molecule has 1 aromatic carbocycles. The molecule has 2 fully saturated rings. The molecule has 4 heterocycles. The van der Waals surface area contributed by atoms with Gasteiger partial charge in [-0.05, 0) is 81.5 Å². The van der Waals surface area contributed by atoms with Crippen molar-refractivity contribution in [3.05, 3.63) is 98.6 Å². The Bertz CT molecular complexity index is 1570. The highest BCUT2D eigenvalue weighted by molar-refractivity contribution is 6.31. The zero-order valence-electron chi connectivity index (χ0n) is 22.4. The first-order valence-electron chi connectivity index (χ1n) is 13.7. The largest absolute Gasteiger partial charge is 0.369 e. The smallest absolute Gasteiger partial charge is 0.193 e. The van der Waals surface area contributed by atoms with Crippen molar-refractivity contribution in [2.24, 2.45) is 0 Å². The van der Waals surface area contributed by atoms with Crippen LogP contribution in [0.4, 0.5) is 10.1 Å². The first-order chi connectivity index (χ1) is 18.9. The van der Waals surface area contributed by atoms with Gasteiger partial charge in [-0.1, -0.05) is 11.6 Å². The summed E-state index contributed by atoms with van der Waals surface area (Å²) in [6.07, 6.45) is 9.98. The van der Waals surface area contributed by atoms with Crippen molar-refractivity contribution in [3.8, 4) is 0 Å². The van der Waals surface area contributed by atoms with E-state index < -0.39 is 5.82 Å². The van der Waals surface area contributed by atoms with Crippen molar-refractivity contribution in [1.29, 1.82) is 0 Å². The standard InChI is InChI=1S/C31H33ClFN5O/c1-20-5-6-25(15-35-20)36-11-3-4-26(19-36)37(16-22-9-10-34-21(2)12-22)17-23-18-38(24-7-8-24)30-14-28(32)29(33)13-27(30)31(23)39/h5-6,9-10,12-15,18,24,26H,3-4,7-8,11,16-17,19H2,1-2H3. The second kappa shape index (κ2) is 10.7. The highest BCUT2D eigenvalue weighted by Crippen LogP contribution is 2.38. The summed E-state index contributed by atoms with van der Waals surface area (Å²) >= 11 is 6.13. The van der Waals surface area contributed by atoms with Gasteiger partial charge in [0.15, 0.2) is 5.43 Å². The Morgan fingerprint density at radius 1 is 1.05 bits per heavy atom. The minimum atomic E-state index is -0.556. The van der Waals surface area contributed by atoms with Crippen LogP contribution in [0.2, 0.25) is 5.02 Å². The summed E-state index contributed by atoms with van der Waals surface area (Å²) in [5, 5.41) is 0.448. The van der Waals surface area contributed by atoms with Crippen LogP contribution in [-0.4, -0.2) is 38.6 Å². The Hall–Kier alpha value is -3.29. The van der Waals surface area contributed by atoms with E-state index in [1.54, 1.807) is 6.07 Å². The van der Waals surface area contributed by atoms with Gasteiger partial charge in [0.25, 0.3) is 0 Å². The molecular formula is C31H33ClFN5O. The fourth-order valence-electron chi connectivity index (χ4n) is 5.77. The first kappa shape index (κ1) is 26.0. The number of hydrogen-bond acceptors (Lipinski definition) is 5. The Balaban J connectivity index is 1.37. The SMILES string of the molecule is Cc1ccc(N2CCCC(N(Cc3ccnc(C)c3)Cc3cn(C4CC4)c4cc(Cl)c(F)cc4c3=O)C2)cn1. The van der Waals surface area contributed by atoms with Crippen LogP contribution < -0.4 is 10.3 Å². The molecule has 0 spiro atoms. The molecule has 2 aliphatic rings. The monoisotopic (exact) mass is 545 g/mol. The molecule has 6 rings (SSSR count). The van der Waals surface area contributed by atoms with Gasteiger partial charge >= 0.3 is 0 Å². The highest BCUT2D eigenvalue weighted by Gasteiger charge is 2.29. The molecule has 1 aliphatic heterocycles. The van der Waals surface area contributed by atoms with Crippen molar-refractivity contribution >= 4 is 28.2 Å². The fraction of sp³-hybridized carbons (Fsp3) is 0.387. The van der Waals surface area contributed by atoms with E-state index in [-0.39, 0.29) is 16.5 Å². The predicted octanol–water partition coefficient (Wildman–Crippen LogP) is 6.21. The second-order valence-electron chi connectivity index (χ2n) is 11.0. The lowest BCUT2D eigenvalue weighted by Gasteiger charge is -2.40. The topological polar surface area (TPSA) is 54.3 Å². The molecule has 8 heteroatoms. The van der Waals surface area contributed by atoms with Crippen LogP contribution in [0.5, 0.6) is 0 Å². The molecule has 4 aromatic rings. The molecule has 6 nitrogen and oxygen atoms in total. The number of rotatable bonds is 7. The number of benzene rings is 1. The molecule has 0 radical (unpaired) electrons. The maximum Gasteiger partial charge on any atom is 0.193 e.